The Balaban J connectivity index is 1.88. The maximum atomic E-state index is 13.3. The zero-order chi connectivity index (χ0) is 19.2. The molecule has 1 saturated carbocycles. The van der Waals surface area contributed by atoms with E-state index in [9.17, 15) is 22.7 Å². The quantitative estimate of drug-likeness (QED) is 0.602. The lowest BCUT2D eigenvalue weighted by Crippen LogP contribution is -2.45. The minimum Gasteiger partial charge on any atom is -0.429 e. The topological polar surface area (TPSA) is 60.2 Å². The molecular formula is C16H16BF4N3O2. The smallest absolute Gasteiger partial charge is 0.429 e. The van der Waals surface area contributed by atoms with Gasteiger partial charge in [0.05, 0.1) is 6.54 Å². The Bertz CT molecular complexity index is 778. The Morgan fingerprint density at radius 3 is 2.50 bits per heavy atom. The molecule has 2 radical (unpaired) electrons. The van der Waals surface area contributed by atoms with Gasteiger partial charge in [-0.05, 0) is 48.9 Å². The molecule has 26 heavy (non-hydrogen) atoms. The standard InChI is InChI=1S/C16H16BF4N3O2/c1-10-6-12(26-16(20,21)15(17,18)19)4-5-13(10)14(25,11-2-3-11)7-24-9-22-8-23-24/h4-6,8-9,11,25H,2-3,7H2,1H3. The molecule has 0 saturated heterocycles. The summed E-state index contributed by atoms with van der Waals surface area (Å²) in [4.78, 5) is 3.83. The molecule has 1 aromatic carbocycles. The summed E-state index contributed by atoms with van der Waals surface area (Å²) in [6, 6.07) is 3.67. The minimum absolute atomic E-state index is 0.0213. The Hall–Kier alpha value is -2.10. The summed E-state index contributed by atoms with van der Waals surface area (Å²) in [7, 11) is 4.16. The summed E-state index contributed by atoms with van der Waals surface area (Å²) in [5.74, 6) is -5.31. The first-order chi connectivity index (χ1) is 12.0. The molecule has 0 aliphatic heterocycles. The number of benzene rings is 1. The van der Waals surface area contributed by atoms with Crippen LogP contribution in [0.25, 0.3) is 0 Å². The number of hydrogen-bond acceptors (Lipinski definition) is 4. The predicted octanol–water partition coefficient (Wildman–Crippen LogP) is 2.62. The average molecular weight is 369 g/mol. The number of aliphatic hydroxyl groups is 1. The van der Waals surface area contributed by atoms with Gasteiger partial charge in [-0.3, -0.25) is 0 Å². The molecule has 1 unspecified atom stereocenters. The molecule has 1 atom stereocenters. The zero-order valence-corrected chi connectivity index (χ0v) is 13.9. The fraction of sp³-hybridized carbons (Fsp3) is 0.500. The van der Waals surface area contributed by atoms with Gasteiger partial charge >= 0.3 is 6.11 Å². The number of nitrogens with zero attached hydrogens (tertiary/aromatic N) is 3. The van der Waals surface area contributed by atoms with Crippen LogP contribution in [0.5, 0.6) is 5.75 Å². The van der Waals surface area contributed by atoms with Crippen LogP contribution in [-0.4, -0.2) is 39.6 Å². The Kier molecular flexibility index (Phi) is 4.50. The van der Waals surface area contributed by atoms with Crippen molar-refractivity contribution in [2.75, 3.05) is 0 Å². The maximum Gasteiger partial charge on any atom is 0.453 e. The van der Waals surface area contributed by atoms with Gasteiger partial charge in [0.2, 0.25) is 0 Å². The number of hydrogen-bond donors (Lipinski definition) is 1. The number of ether oxygens (including phenoxy) is 1. The minimum atomic E-state index is -4.85. The normalized spacial score (nSPS) is 17.8. The molecule has 10 heteroatoms. The fourth-order valence-corrected chi connectivity index (χ4v) is 2.96. The van der Waals surface area contributed by atoms with Gasteiger partial charge in [-0.25, -0.2) is 18.4 Å². The van der Waals surface area contributed by atoms with Gasteiger partial charge in [0.1, 0.15) is 24.0 Å². The van der Waals surface area contributed by atoms with E-state index in [4.69, 9.17) is 0 Å². The summed E-state index contributed by atoms with van der Waals surface area (Å²) in [5.41, 5.74) is -0.366. The van der Waals surface area contributed by atoms with Crippen LogP contribution in [0.3, 0.4) is 0 Å². The molecule has 0 spiro atoms. The van der Waals surface area contributed by atoms with E-state index in [2.05, 4.69) is 22.7 Å². The van der Waals surface area contributed by atoms with E-state index in [0.29, 0.717) is 11.1 Å². The summed E-state index contributed by atoms with van der Waals surface area (Å²) < 4.78 is 57.6. The highest BCUT2D eigenvalue weighted by Gasteiger charge is 2.54. The molecule has 1 heterocycles. The molecule has 138 valence electrons. The predicted molar refractivity (Wildman–Crippen MR) is 84.1 cm³/mol. The number of alkyl halides is 4. The monoisotopic (exact) mass is 369 g/mol. The van der Waals surface area contributed by atoms with E-state index >= 15 is 0 Å². The molecule has 1 fully saturated rings. The number of rotatable bonds is 7. The summed E-state index contributed by atoms with van der Waals surface area (Å²) in [6.45, 7) is 1.71. The first kappa shape index (κ1) is 18.7. The van der Waals surface area contributed by atoms with Gasteiger partial charge in [0.15, 0.2) is 7.85 Å². The van der Waals surface area contributed by atoms with Crippen LogP contribution in [0.2, 0.25) is 0 Å². The van der Waals surface area contributed by atoms with Gasteiger partial charge in [-0.1, -0.05) is 6.07 Å². The second-order valence-electron chi connectivity index (χ2n) is 6.51. The highest BCUT2D eigenvalue weighted by molar-refractivity contribution is 6.13. The number of aromatic nitrogens is 3. The van der Waals surface area contributed by atoms with Crippen molar-refractivity contribution in [3.05, 3.63) is 42.0 Å². The lowest BCUT2D eigenvalue weighted by Gasteiger charge is -2.31. The fourth-order valence-electron chi connectivity index (χ4n) is 2.96. The van der Waals surface area contributed by atoms with E-state index in [0.717, 1.165) is 18.9 Å². The lowest BCUT2D eigenvalue weighted by atomic mass is 9.85. The van der Waals surface area contributed by atoms with Crippen molar-refractivity contribution in [2.24, 2.45) is 5.92 Å². The van der Waals surface area contributed by atoms with Crippen LogP contribution in [0.15, 0.2) is 30.9 Å². The first-order valence-corrected chi connectivity index (χ1v) is 7.92. The molecule has 0 amide bonds. The van der Waals surface area contributed by atoms with Crippen molar-refractivity contribution >= 4 is 7.85 Å². The highest BCUT2D eigenvalue weighted by atomic mass is 19.3. The van der Waals surface area contributed by atoms with Gasteiger partial charge in [0, 0.05) is 0 Å². The van der Waals surface area contributed by atoms with Crippen LogP contribution in [-0.2, 0) is 12.1 Å². The van der Waals surface area contributed by atoms with Crippen LogP contribution in [0, 0.1) is 12.8 Å². The third-order valence-electron chi connectivity index (χ3n) is 4.42. The van der Waals surface area contributed by atoms with E-state index in [1.54, 1.807) is 6.92 Å². The zero-order valence-electron chi connectivity index (χ0n) is 13.9. The van der Waals surface area contributed by atoms with Gasteiger partial charge in [-0.15, -0.1) is 0 Å². The van der Waals surface area contributed by atoms with Crippen molar-refractivity contribution in [3.8, 4) is 5.75 Å². The lowest BCUT2D eigenvalue weighted by molar-refractivity contribution is -0.273. The molecule has 1 aliphatic rings. The molecule has 1 N–H and O–H groups in total. The molecule has 2 aromatic rings. The summed E-state index contributed by atoms with van der Waals surface area (Å²) in [6.07, 6.45) is -0.439. The van der Waals surface area contributed by atoms with Crippen molar-refractivity contribution in [2.45, 2.75) is 43.8 Å². The number of aryl methyl sites for hydroxylation is 1. The van der Waals surface area contributed by atoms with Crippen molar-refractivity contribution in [1.29, 1.82) is 0 Å². The van der Waals surface area contributed by atoms with E-state index in [1.165, 1.54) is 29.5 Å². The van der Waals surface area contributed by atoms with Gasteiger partial charge in [-0.2, -0.15) is 13.9 Å². The Morgan fingerprint density at radius 2 is 2.00 bits per heavy atom. The van der Waals surface area contributed by atoms with Crippen LogP contribution in [0.4, 0.5) is 17.6 Å². The van der Waals surface area contributed by atoms with Crippen LogP contribution < -0.4 is 4.74 Å². The first-order valence-electron chi connectivity index (χ1n) is 7.92. The third-order valence-corrected chi connectivity index (χ3v) is 4.42. The highest BCUT2D eigenvalue weighted by Crippen LogP contribution is 2.48. The van der Waals surface area contributed by atoms with E-state index < -0.39 is 23.3 Å². The maximum absolute atomic E-state index is 13.3. The SMILES string of the molecule is [B]C(F)(F)C(F)(F)Oc1ccc(C(O)(Cn2cncn2)C2CC2)c(C)c1. The third kappa shape index (κ3) is 3.55. The second-order valence-corrected chi connectivity index (χ2v) is 6.51. The average Bonchev–Trinajstić information content (AvgIpc) is 3.26. The molecular weight excluding hydrogens is 353 g/mol. The van der Waals surface area contributed by atoms with Gasteiger partial charge in [0.25, 0.3) is 5.82 Å². The van der Waals surface area contributed by atoms with Crippen LogP contribution >= 0.6 is 0 Å². The Labute approximate surface area is 148 Å². The largest absolute Gasteiger partial charge is 0.453 e. The molecule has 0 bridgehead atoms. The second kappa shape index (κ2) is 6.26. The van der Waals surface area contributed by atoms with E-state index in [-0.39, 0.29) is 12.5 Å². The molecule has 5 nitrogen and oxygen atoms in total. The van der Waals surface area contributed by atoms with Crippen molar-refractivity contribution in [3.63, 3.8) is 0 Å². The number of halogens is 4. The summed E-state index contributed by atoms with van der Waals surface area (Å²) >= 11 is 0. The van der Waals surface area contributed by atoms with E-state index in [1.807, 2.05) is 0 Å². The van der Waals surface area contributed by atoms with Crippen molar-refractivity contribution in [1.82, 2.24) is 14.8 Å². The van der Waals surface area contributed by atoms with Crippen LogP contribution in [0.1, 0.15) is 24.0 Å². The summed E-state index contributed by atoms with van der Waals surface area (Å²) in [5, 5.41) is 15.2. The molecule has 1 aromatic heterocycles. The Morgan fingerprint density at radius 1 is 1.31 bits per heavy atom. The molecule has 3 rings (SSSR count). The van der Waals surface area contributed by atoms with Crippen molar-refractivity contribution < 1.29 is 27.4 Å². The molecule has 1 aliphatic carbocycles. The van der Waals surface area contributed by atoms with Gasteiger partial charge < -0.3 is 9.84 Å².